The molecule has 5 nitrogen and oxygen atoms in total. The summed E-state index contributed by atoms with van der Waals surface area (Å²) in [6.45, 7) is 4.50. The molecule has 0 radical (unpaired) electrons. The number of carbonyl (C=O) groups is 1. The number of anilines is 1. The van der Waals surface area contributed by atoms with Crippen molar-refractivity contribution in [1.29, 1.82) is 0 Å². The topological polar surface area (TPSA) is 81.1 Å². The van der Waals surface area contributed by atoms with Gasteiger partial charge in [0.2, 0.25) is 0 Å². The van der Waals surface area contributed by atoms with E-state index in [4.69, 9.17) is 10.8 Å². The molecular weight excluding hydrogens is 214 g/mol. The molecule has 15 heavy (non-hydrogen) atoms. The standard InChI is InChI=1S/C9H15N3O2S/c1-3-5-15-8-6(9(13)14)7(10)12(4-2)11-8/h3-5,10H2,1-2H3,(H,13,14). The lowest BCUT2D eigenvalue weighted by molar-refractivity contribution is 0.0694. The summed E-state index contributed by atoms with van der Waals surface area (Å²) in [5.41, 5.74) is 5.83. The monoisotopic (exact) mass is 229 g/mol. The van der Waals surface area contributed by atoms with E-state index in [0.717, 1.165) is 12.2 Å². The normalized spacial score (nSPS) is 10.5. The molecule has 0 aliphatic rings. The van der Waals surface area contributed by atoms with Crippen molar-refractivity contribution >= 4 is 23.5 Å². The molecule has 1 aromatic rings. The SMILES string of the molecule is CCCSc1nn(CC)c(N)c1C(=O)O. The summed E-state index contributed by atoms with van der Waals surface area (Å²) in [5.74, 6) is 0.0786. The lowest BCUT2D eigenvalue weighted by Gasteiger charge is -1.97. The van der Waals surface area contributed by atoms with Gasteiger partial charge < -0.3 is 10.8 Å². The van der Waals surface area contributed by atoms with Crippen LogP contribution in [0.15, 0.2) is 5.03 Å². The van der Waals surface area contributed by atoms with Crippen molar-refractivity contribution in [1.82, 2.24) is 9.78 Å². The molecule has 1 aromatic heterocycles. The van der Waals surface area contributed by atoms with Crippen LogP contribution in [0.1, 0.15) is 30.6 Å². The first-order valence-electron chi connectivity index (χ1n) is 4.84. The van der Waals surface area contributed by atoms with Crippen molar-refractivity contribution < 1.29 is 9.90 Å². The summed E-state index contributed by atoms with van der Waals surface area (Å²) in [5, 5.41) is 13.7. The summed E-state index contributed by atoms with van der Waals surface area (Å²) >= 11 is 1.43. The first-order valence-corrected chi connectivity index (χ1v) is 5.82. The van der Waals surface area contributed by atoms with Crippen molar-refractivity contribution in [3.63, 3.8) is 0 Å². The number of rotatable bonds is 5. The van der Waals surface area contributed by atoms with Crippen LogP contribution in [0, 0.1) is 0 Å². The van der Waals surface area contributed by atoms with Crippen LogP contribution in [-0.2, 0) is 6.54 Å². The van der Waals surface area contributed by atoms with Crippen LogP contribution in [-0.4, -0.2) is 26.6 Å². The van der Waals surface area contributed by atoms with Gasteiger partial charge >= 0.3 is 5.97 Å². The largest absolute Gasteiger partial charge is 0.477 e. The molecule has 0 saturated heterocycles. The van der Waals surface area contributed by atoms with E-state index < -0.39 is 5.97 Å². The van der Waals surface area contributed by atoms with Gasteiger partial charge in [-0.25, -0.2) is 9.48 Å². The number of hydrogen-bond donors (Lipinski definition) is 2. The third-order valence-corrected chi connectivity index (χ3v) is 3.09. The van der Waals surface area contributed by atoms with E-state index in [1.165, 1.54) is 16.4 Å². The average Bonchev–Trinajstić information content (AvgIpc) is 2.51. The molecule has 1 heterocycles. The van der Waals surface area contributed by atoms with Gasteiger partial charge in [0.15, 0.2) is 0 Å². The fourth-order valence-corrected chi connectivity index (χ4v) is 2.08. The quantitative estimate of drug-likeness (QED) is 0.751. The van der Waals surface area contributed by atoms with E-state index in [2.05, 4.69) is 5.10 Å². The molecule has 0 bridgehead atoms. The maximum atomic E-state index is 11.0. The lowest BCUT2D eigenvalue weighted by atomic mass is 10.3. The fourth-order valence-electron chi connectivity index (χ4n) is 1.19. The predicted octanol–water partition coefficient (Wildman–Crippen LogP) is 1.69. The maximum Gasteiger partial charge on any atom is 0.342 e. The van der Waals surface area contributed by atoms with E-state index in [1.54, 1.807) is 0 Å². The Labute approximate surface area is 92.6 Å². The molecule has 84 valence electrons. The molecule has 0 spiro atoms. The number of hydrogen-bond acceptors (Lipinski definition) is 4. The zero-order valence-corrected chi connectivity index (χ0v) is 9.67. The Morgan fingerprint density at radius 3 is 2.73 bits per heavy atom. The highest BCUT2D eigenvalue weighted by Crippen LogP contribution is 2.26. The van der Waals surface area contributed by atoms with Gasteiger partial charge in [-0.1, -0.05) is 6.92 Å². The Kier molecular flexibility index (Phi) is 4.02. The first-order chi connectivity index (χ1) is 7.11. The summed E-state index contributed by atoms with van der Waals surface area (Å²) in [6.07, 6.45) is 0.975. The van der Waals surface area contributed by atoms with E-state index in [9.17, 15) is 4.79 Å². The summed E-state index contributed by atoms with van der Waals surface area (Å²) in [6, 6.07) is 0. The minimum Gasteiger partial charge on any atom is -0.477 e. The molecule has 0 atom stereocenters. The number of nitrogen functional groups attached to an aromatic ring is 1. The molecule has 0 unspecified atom stereocenters. The average molecular weight is 229 g/mol. The van der Waals surface area contributed by atoms with Crippen LogP contribution in [0.4, 0.5) is 5.82 Å². The Hall–Kier alpha value is -1.17. The molecule has 0 saturated carbocycles. The Balaban J connectivity index is 3.07. The highest BCUT2D eigenvalue weighted by molar-refractivity contribution is 7.99. The Morgan fingerprint density at radius 2 is 2.27 bits per heavy atom. The first kappa shape index (κ1) is 11.9. The second-order valence-corrected chi connectivity index (χ2v) is 4.12. The number of thioether (sulfide) groups is 1. The smallest absolute Gasteiger partial charge is 0.342 e. The summed E-state index contributed by atoms with van der Waals surface area (Å²) in [4.78, 5) is 11.0. The van der Waals surface area contributed by atoms with Gasteiger partial charge in [0.25, 0.3) is 0 Å². The van der Waals surface area contributed by atoms with Gasteiger partial charge in [0.1, 0.15) is 16.4 Å². The number of carboxylic acid groups (broad SMARTS) is 1. The van der Waals surface area contributed by atoms with Crippen molar-refractivity contribution in [2.75, 3.05) is 11.5 Å². The predicted molar refractivity (Wildman–Crippen MR) is 60.3 cm³/mol. The molecule has 6 heteroatoms. The Morgan fingerprint density at radius 1 is 1.60 bits per heavy atom. The highest BCUT2D eigenvalue weighted by atomic mass is 32.2. The van der Waals surface area contributed by atoms with Gasteiger partial charge in [0, 0.05) is 6.54 Å². The molecule has 0 aliphatic carbocycles. The van der Waals surface area contributed by atoms with Gasteiger partial charge in [0.05, 0.1) is 0 Å². The maximum absolute atomic E-state index is 11.0. The van der Waals surface area contributed by atoms with Crippen LogP contribution in [0.5, 0.6) is 0 Å². The zero-order chi connectivity index (χ0) is 11.4. The summed E-state index contributed by atoms with van der Waals surface area (Å²) < 4.78 is 1.52. The number of aromatic carboxylic acids is 1. The van der Waals surface area contributed by atoms with Crippen molar-refractivity contribution in [2.24, 2.45) is 0 Å². The van der Waals surface area contributed by atoms with Gasteiger partial charge in [-0.2, -0.15) is 5.10 Å². The van der Waals surface area contributed by atoms with Crippen LogP contribution < -0.4 is 5.73 Å². The van der Waals surface area contributed by atoms with Crippen molar-refractivity contribution in [2.45, 2.75) is 31.8 Å². The van der Waals surface area contributed by atoms with Crippen LogP contribution >= 0.6 is 11.8 Å². The molecule has 0 aromatic carbocycles. The van der Waals surface area contributed by atoms with Gasteiger partial charge in [-0.3, -0.25) is 0 Å². The molecular formula is C9H15N3O2S. The molecule has 3 N–H and O–H groups in total. The summed E-state index contributed by atoms with van der Waals surface area (Å²) in [7, 11) is 0. The lowest BCUT2D eigenvalue weighted by Crippen LogP contribution is -2.05. The van der Waals surface area contributed by atoms with Gasteiger partial charge in [-0.05, 0) is 19.1 Å². The number of nitrogens with two attached hydrogens (primary N) is 1. The third kappa shape index (κ3) is 2.44. The van der Waals surface area contributed by atoms with E-state index in [-0.39, 0.29) is 11.4 Å². The minimum atomic E-state index is -1.01. The van der Waals surface area contributed by atoms with Crippen molar-refractivity contribution in [3.05, 3.63) is 5.56 Å². The fraction of sp³-hybridized carbons (Fsp3) is 0.556. The molecule has 0 amide bonds. The number of aromatic nitrogens is 2. The van der Waals surface area contributed by atoms with E-state index in [1.807, 2.05) is 13.8 Å². The molecule has 1 rings (SSSR count). The van der Waals surface area contributed by atoms with Crippen molar-refractivity contribution in [3.8, 4) is 0 Å². The third-order valence-electron chi connectivity index (χ3n) is 1.92. The number of nitrogens with zero attached hydrogens (tertiary/aromatic N) is 2. The second-order valence-electron chi connectivity index (χ2n) is 3.03. The van der Waals surface area contributed by atoms with E-state index >= 15 is 0 Å². The van der Waals surface area contributed by atoms with E-state index in [0.29, 0.717) is 11.6 Å². The van der Waals surface area contributed by atoms with Crippen LogP contribution in [0.2, 0.25) is 0 Å². The second kappa shape index (κ2) is 5.06. The molecule has 0 aliphatic heterocycles. The minimum absolute atomic E-state index is 0.135. The molecule has 0 fully saturated rings. The number of carboxylic acids is 1. The number of aryl methyl sites for hydroxylation is 1. The van der Waals surface area contributed by atoms with Gasteiger partial charge in [-0.15, -0.1) is 11.8 Å². The zero-order valence-electron chi connectivity index (χ0n) is 8.86. The Bertz CT molecular complexity index is 362. The van der Waals surface area contributed by atoms with Crippen LogP contribution in [0.3, 0.4) is 0 Å². The van der Waals surface area contributed by atoms with Crippen LogP contribution in [0.25, 0.3) is 0 Å². The highest BCUT2D eigenvalue weighted by Gasteiger charge is 2.20.